The number of amides is 1. The van der Waals surface area contributed by atoms with Gasteiger partial charge in [0.1, 0.15) is 5.75 Å². The number of hydrogen-bond acceptors (Lipinski definition) is 3. The van der Waals surface area contributed by atoms with E-state index in [1.807, 2.05) is 24.0 Å². The summed E-state index contributed by atoms with van der Waals surface area (Å²) in [6.45, 7) is 11.6. The highest BCUT2D eigenvalue weighted by Crippen LogP contribution is 2.35. The first-order chi connectivity index (χ1) is 15.6. The lowest BCUT2D eigenvalue weighted by Gasteiger charge is -2.34. The smallest absolute Gasteiger partial charge is 0.223 e. The molecule has 0 bridgehead atoms. The Morgan fingerprint density at radius 1 is 1.03 bits per heavy atom. The molecule has 2 heterocycles. The second-order valence-corrected chi connectivity index (χ2v) is 8.51. The van der Waals surface area contributed by atoms with Gasteiger partial charge in [0, 0.05) is 55.6 Å². The molecule has 1 fully saturated rings. The molecular weight excluding hydrogens is 398 g/mol. The van der Waals surface area contributed by atoms with E-state index in [0.717, 1.165) is 50.5 Å². The number of para-hydroxylation sites is 1. The van der Waals surface area contributed by atoms with Crippen LogP contribution in [0.2, 0.25) is 0 Å². The van der Waals surface area contributed by atoms with Crippen molar-refractivity contribution in [2.75, 3.05) is 39.3 Å². The molecule has 0 spiro atoms. The molecule has 5 nitrogen and oxygen atoms in total. The fraction of sp³-hybridized carbons (Fsp3) is 0.444. The summed E-state index contributed by atoms with van der Waals surface area (Å²) in [4.78, 5) is 21.3. The molecule has 0 radical (unpaired) electrons. The number of aromatic amines is 1. The van der Waals surface area contributed by atoms with Crippen molar-refractivity contribution in [1.82, 2.24) is 14.8 Å². The van der Waals surface area contributed by atoms with Crippen molar-refractivity contribution >= 4 is 16.8 Å². The zero-order valence-electron chi connectivity index (χ0n) is 19.6. The number of fused-ring (bicyclic) bond motifs is 1. The van der Waals surface area contributed by atoms with Crippen LogP contribution in [-0.4, -0.2) is 60.0 Å². The molecule has 1 aliphatic rings. The van der Waals surface area contributed by atoms with Crippen LogP contribution < -0.4 is 4.74 Å². The number of nitrogens with zero attached hydrogens (tertiary/aromatic N) is 2. The Hall–Kier alpha value is -2.79. The maximum absolute atomic E-state index is 13.4. The number of benzene rings is 2. The third-order valence-corrected chi connectivity index (χ3v) is 6.73. The highest BCUT2D eigenvalue weighted by atomic mass is 16.5. The molecule has 1 N–H and O–H groups in total. The predicted octanol–water partition coefficient (Wildman–Crippen LogP) is 4.82. The first-order valence-corrected chi connectivity index (χ1v) is 12.0. The van der Waals surface area contributed by atoms with E-state index >= 15 is 0 Å². The summed E-state index contributed by atoms with van der Waals surface area (Å²) in [7, 11) is 0. The first kappa shape index (κ1) is 22.4. The molecule has 2 aromatic carbocycles. The third kappa shape index (κ3) is 4.68. The minimum Gasteiger partial charge on any atom is -0.494 e. The lowest BCUT2D eigenvalue weighted by Crippen LogP contribution is -2.48. The second kappa shape index (κ2) is 10.2. The maximum atomic E-state index is 13.4. The third-order valence-electron chi connectivity index (χ3n) is 6.73. The number of carbonyl (C=O) groups is 1. The van der Waals surface area contributed by atoms with Crippen molar-refractivity contribution in [3.63, 3.8) is 0 Å². The maximum Gasteiger partial charge on any atom is 0.223 e. The average molecular weight is 434 g/mol. The molecule has 0 aliphatic carbocycles. The topological polar surface area (TPSA) is 48.6 Å². The van der Waals surface area contributed by atoms with E-state index in [1.54, 1.807) is 0 Å². The minimum atomic E-state index is 0.00300. The lowest BCUT2D eigenvalue weighted by molar-refractivity contribution is -0.133. The van der Waals surface area contributed by atoms with Gasteiger partial charge in [-0.3, -0.25) is 4.79 Å². The Morgan fingerprint density at radius 2 is 1.78 bits per heavy atom. The van der Waals surface area contributed by atoms with Crippen LogP contribution in [0.5, 0.6) is 5.75 Å². The van der Waals surface area contributed by atoms with Crippen LogP contribution in [0.15, 0.2) is 48.7 Å². The van der Waals surface area contributed by atoms with Crippen LogP contribution in [0.1, 0.15) is 49.8 Å². The summed E-state index contributed by atoms with van der Waals surface area (Å²) in [6.07, 6.45) is 3.56. The van der Waals surface area contributed by atoms with Gasteiger partial charge in [0.15, 0.2) is 0 Å². The van der Waals surface area contributed by atoms with E-state index in [9.17, 15) is 4.79 Å². The molecule has 1 saturated heterocycles. The fourth-order valence-electron chi connectivity index (χ4n) is 4.81. The fourth-order valence-corrected chi connectivity index (χ4v) is 4.81. The number of rotatable bonds is 8. The molecule has 1 atom stereocenters. The van der Waals surface area contributed by atoms with E-state index in [1.165, 1.54) is 22.0 Å². The van der Waals surface area contributed by atoms with Gasteiger partial charge in [0.25, 0.3) is 0 Å². The van der Waals surface area contributed by atoms with E-state index in [-0.39, 0.29) is 11.8 Å². The number of H-pyrrole nitrogens is 1. The predicted molar refractivity (Wildman–Crippen MR) is 130 cm³/mol. The number of carbonyl (C=O) groups excluding carboxylic acids is 1. The monoisotopic (exact) mass is 433 g/mol. The number of likely N-dealkylation sites (N-methyl/N-ethyl adjacent to an activating group) is 1. The average Bonchev–Trinajstić information content (AvgIpc) is 3.27. The minimum absolute atomic E-state index is 0.00300. The molecule has 170 valence electrons. The van der Waals surface area contributed by atoms with Crippen LogP contribution in [0.3, 0.4) is 0 Å². The number of hydrogen-bond donors (Lipinski definition) is 1. The Bertz CT molecular complexity index is 1030. The van der Waals surface area contributed by atoms with Crippen LogP contribution >= 0.6 is 0 Å². The van der Waals surface area contributed by atoms with Crippen molar-refractivity contribution in [2.45, 2.75) is 39.5 Å². The van der Waals surface area contributed by atoms with Gasteiger partial charge in [-0.2, -0.15) is 0 Å². The van der Waals surface area contributed by atoms with E-state index in [4.69, 9.17) is 4.74 Å². The SMILES string of the molecule is CCOc1ccc([C@H](CC(=O)N2CCN(CC)CC2)c2c[nH]c3c(CC)cccc23)cc1. The quantitative estimate of drug-likeness (QED) is 0.554. The number of ether oxygens (including phenoxy) is 1. The Balaban J connectivity index is 1.65. The summed E-state index contributed by atoms with van der Waals surface area (Å²) >= 11 is 0. The molecule has 0 saturated carbocycles. The van der Waals surface area contributed by atoms with Gasteiger partial charge in [-0.1, -0.05) is 44.2 Å². The number of aromatic nitrogens is 1. The Morgan fingerprint density at radius 3 is 2.44 bits per heavy atom. The normalized spacial score (nSPS) is 15.8. The summed E-state index contributed by atoms with van der Waals surface area (Å²) in [5.74, 6) is 1.10. The molecular formula is C27H35N3O2. The largest absolute Gasteiger partial charge is 0.494 e. The van der Waals surface area contributed by atoms with Crippen LogP contribution in [-0.2, 0) is 11.2 Å². The summed E-state index contributed by atoms with van der Waals surface area (Å²) in [5.41, 5.74) is 4.84. The van der Waals surface area contributed by atoms with Gasteiger partial charge in [0.2, 0.25) is 5.91 Å². The van der Waals surface area contributed by atoms with Crippen molar-refractivity contribution in [3.8, 4) is 5.75 Å². The molecule has 5 heteroatoms. The van der Waals surface area contributed by atoms with Crippen LogP contribution in [0.25, 0.3) is 10.9 Å². The zero-order valence-corrected chi connectivity index (χ0v) is 19.6. The number of aryl methyl sites for hydroxylation is 1. The standard InChI is InChI=1S/C27H35N3O2/c1-4-20-8-7-9-23-25(19-28-27(20)23)24(21-10-12-22(13-11-21)32-6-3)18-26(31)30-16-14-29(5-2)15-17-30/h7-13,19,24,28H,4-6,14-18H2,1-3H3/t24-/m0/s1. The lowest BCUT2D eigenvalue weighted by atomic mass is 9.87. The Labute approximate surface area is 191 Å². The van der Waals surface area contributed by atoms with Crippen molar-refractivity contribution in [2.24, 2.45) is 0 Å². The van der Waals surface area contributed by atoms with Crippen LogP contribution in [0.4, 0.5) is 0 Å². The molecule has 1 aliphatic heterocycles. The number of nitrogens with one attached hydrogen (secondary N) is 1. The molecule has 32 heavy (non-hydrogen) atoms. The van der Waals surface area contributed by atoms with Crippen molar-refractivity contribution in [3.05, 3.63) is 65.4 Å². The first-order valence-electron chi connectivity index (χ1n) is 12.0. The van der Waals surface area contributed by atoms with Gasteiger partial charge in [-0.25, -0.2) is 0 Å². The van der Waals surface area contributed by atoms with Crippen molar-refractivity contribution in [1.29, 1.82) is 0 Å². The summed E-state index contributed by atoms with van der Waals surface area (Å²) in [5, 5.41) is 1.21. The van der Waals surface area contributed by atoms with Gasteiger partial charge in [0.05, 0.1) is 6.61 Å². The molecule has 3 aromatic rings. The molecule has 1 aromatic heterocycles. The van der Waals surface area contributed by atoms with Crippen molar-refractivity contribution < 1.29 is 9.53 Å². The Kier molecular flexibility index (Phi) is 7.15. The molecule has 1 amide bonds. The summed E-state index contributed by atoms with van der Waals surface area (Å²) in [6, 6.07) is 14.7. The molecule has 4 rings (SSSR count). The molecule has 0 unspecified atom stereocenters. The van der Waals surface area contributed by atoms with Crippen LogP contribution in [0, 0.1) is 0 Å². The van der Waals surface area contributed by atoms with E-state index in [0.29, 0.717) is 13.0 Å². The highest BCUT2D eigenvalue weighted by molar-refractivity contribution is 5.88. The highest BCUT2D eigenvalue weighted by Gasteiger charge is 2.26. The van der Waals surface area contributed by atoms with E-state index < -0.39 is 0 Å². The zero-order chi connectivity index (χ0) is 22.5. The van der Waals surface area contributed by atoms with Gasteiger partial charge in [-0.05, 0) is 48.7 Å². The number of piperazine rings is 1. The second-order valence-electron chi connectivity index (χ2n) is 8.51. The summed E-state index contributed by atoms with van der Waals surface area (Å²) < 4.78 is 5.64. The van der Waals surface area contributed by atoms with Gasteiger partial charge >= 0.3 is 0 Å². The van der Waals surface area contributed by atoms with E-state index in [2.05, 4.69) is 60.3 Å². The van der Waals surface area contributed by atoms with Gasteiger partial charge in [-0.15, -0.1) is 0 Å². The van der Waals surface area contributed by atoms with Gasteiger partial charge < -0.3 is 19.5 Å².